The van der Waals surface area contributed by atoms with E-state index in [1.165, 1.54) is 42.2 Å². The average molecular weight is 495 g/mol. The fraction of sp³-hybridized carbons (Fsp3) is 0.0909. The van der Waals surface area contributed by atoms with Crippen LogP contribution in [0.15, 0.2) is 133 Å². The van der Waals surface area contributed by atoms with Crippen LogP contribution in [-0.2, 0) is 4.25 Å². The first-order chi connectivity index (χ1) is 16.8. The summed E-state index contributed by atoms with van der Waals surface area (Å²) in [5.74, 6) is 2.96. The molecule has 0 aromatic heterocycles. The predicted octanol–water partition coefficient (Wildman–Crippen LogP) is 6.26. The second-order valence-corrected chi connectivity index (χ2v) is 18.5. The van der Waals surface area contributed by atoms with Gasteiger partial charge in [-0.25, -0.2) is 0 Å². The van der Waals surface area contributed by atoms with E-state index in [1.54, 1.807) is 0 Å². The van der Waals surface area contributed by atoms with E-state index in [1.807, 2.05) is 0 Å². The molecule has 5 aromatic carbocycles. The van der Waals surface area contributed by atoms with E-state index >= 15 is 0 Å². The van der Waals surface area contributed by atoms with E-state index in [0.717, 1.165) is 0 Å². The molecule has 2 bridgehead atoms. The molecule has 5 aromatic rings. The summed E-state index contributed by atoms with van der Waals surface area (Å²) in [5.41, 5.74) is 9.03. The maximum absolute atomic E-state index is 3.21. The molecule has 0 saturated carbocycles. The van der Waals surface area contributed by atoms with Gasteiger partial charge < -0.3 is 0 Å². The van der Waals surface area contributed by atoms with Crippen molar-refractivity contribution in [1.29, 1.82) is 0 Å². The molecule has 34 heavy (non-hydrogen) atoms. The Morgan fingerprint density at radius 3 is 1.15 bits per heavy atom. The topological polar surface area (TPSA) is 0 Å². The minimum atomic E-state index is -3.21. The van der Waals surface area contributed by atoms with Crippen LogP contribution >= 0.6 is 0 Å². The number of rotatable bonds is 3. The average Bonchev–Trinajstić information content (AvgIpc) is 2.93. The monoisotopic (exact) mass is 496 g/mol. The summed E-state index contributed by atoms with van der Waals surface area (Å²) >= 11 is -3.21. The van der Waals surface area contributed by atoms with Crippen LogP contribution in [0.25, 0.3) is 0 Å². The third-order valence-electron chi connectivity index (χ3n) is 8.48. The van der Waals surface area contributed by atoms with Gasteiger partial charge in [0.2, 0.25) is 0 Å². The molecule has 3 aliphatic rings. The quantitative estimate of drug-likeness (QED) is 0.260. The van der Waals surface area contributed by atoms with Crippen molar-refractivity contribution in [3.8, 4) is 0 Å². The van der Waals surface area contributed by atoms with E-state index in [-0.39, 0.29) is 4.25 Å². The molecular formula is C33H26Ge. The van der Waals surface area contributed by atoms with Gasteiger partial charge in [0.05, 0.1) is 0 Å². The molecule has 162 valence electrons. The standard InChI is InChI=1S/C33H26Ge/c1-34(24-14-4-2-5-15-24,25-16-6-3-7-17-25)33-29-21-11-8-18-26(29)32(27-19-9-12-22-30(27)33)28-20-10-13-23-31(28)33/h2-23,32H,1H3. The maximum atomic E-state index is 2.65. The first kappa shape index (κ1) is 20.1. The normalized spacial score (nSPS) is 19.7. The van der Waals surface area contributed by atoms with Crippen molar-refractivity contribution in [1.82, 2.24) is 0 Å². The van der Waals surface area contributed by atoms with Crippen LogP contribution in [0, 0.1) is 0 Å². The number of benzene rings is 5. The van der Waals surface area contributed by atoms with Gasteiger partial charge in [0.25, 0.3) is 0 Å². The summed E-state index contributed by atoms with van der Waals surface area (Å²) < 4.78 is 2.88. The Bertz CT molecular complexity index is 1360. The Hall–Kier alpha value is -3.36. The van der Waals surface area contributed by atoms with Crippen LogP contribution in [-0.4, -0.2) is 13.3 Å². The van der Waals surface area contributed by atoms with Gasteiger partial charge in [0, 0.05) is 0 Å². The van der Waals surface area contributed by atoms with Gasteiger partial charge >= 0.3 is 205 Å². The molecule has 0 nitrogen and oxygen atoms in total. The van der Waals surface area contributed by atoms with Crippen molar-refractivity contribution in [2.24, 2.45) is 0 Å². The second-order valence-electron chi connectivity index (χ2n) is 9.80. The van der Waals surface area contributed by atoms with Gasteiger partial charge in [-0.3, -0.25) is 0 Å². The van der Waals surface area contributed by atoms with Gasteiger partial charge in [0.15, 0.2) is 0 Å². The zero-order chi connectivity index (χ0) is 22.8. The molecule has 0 spiro atoms. The fourth-order valence-electron chi connectivity index (χ4n) is 7.16. The molecule has 0 radical (unpaired) electrons. The molecule has 3 aliphatic carbocycles. The molecule has 0 N–H and O–H groups in total. The number of hydrogen-bond acceptors (Lipinski definition) is 0. The molecule has 0 amide bonds. The molecule has 0 fully saturated rings. The van der Waals surface area contributed by atoms with Gasteiger partial charge in [-0.05, 0) is 0 Å². The van der Waals surface area contributed by atoms with Gasteiger partial charge in [0.1, 0.15) is 0 Å². The van der Waals surface area contributed by atoms with E-state index in [2.05, 4.69) is 139 Å². The van der Waals surface area contributed by atoms with Crippen LogP contribution in [0.4, 0.5) is 0 Å². The summed E-state index contributed by atoms with van der Waals surface area (Å²) in [6.07, 6.45) is 0. The molecule has 1 heteroatoms. The third kappa shape index (κ3) is 2.34. The Morgan fingerprint density at radius 2 is 0.765 bits per heavy atom. The van der Waals surface area contributed by atoms with Crippen molar-refractivity contribution in [3.63, 3.8) is 0 Å². The summed E-state index contributed by atoms with van der Waals surface area (Å²) in [6.45, 7) is 0. The van der Waals surface area contributed by atoms with E-state index in [9.17, 15) is 0 Å². The van der Waals surface area contributed by atoms with Gasteiger partial charge in [-0.15, -0.1) is 0 Å². The first-order valence-corrected chi connectivity index (χ1v) is 17.4. The van der Waals surface area contributed by atoms with Crippen LogP contribution in [0.5, 0.6) is 0 Å². The van der Waals surface area contributed by atoms with Crippen LogP contribution in [0.2, 0.25) is 5.76 Å². The van der Waals surface area contributed by atoms with E-state index < -0.39 is 13.3 Å². The van der Waals surface area contributed by atoms with Crippen molar-refractivity contribution in [2.45, 2.75) is 15.9 Å². The van der Waals surface area contributed by atoms with Crippen LogP contribution in [0.1, 0.15) is 39.3 Å². The van der Waals surface area contributed by atoms with Crippen molar-refractivity contribution < 1.29 is 0 Å². The first-order valence-electron chi connectivity index (χ1n) is 12.2. The molecule has 0 heterocycles. The Labute approximate surface area is 204 Å². The summed E-state index contributed by atoms with van der Waals surface area (Å²) in [7, 11) is 0. The number of hydrogen-bond donors (Lipinski definition) is 0. The van der Waals surface area contributed by atoms with E-state index in [0.29, 0.717) is 5.92 Å². The molecular weight excluding hydrogens is 469 g/mol. The van der Waals surface area contributed by atoms with Crippen LogP contribution in [0.3, 0.4) is 0 Å². The van der Waals surface area contributed by atoms with Crippen molar-refractivity contribution in [3.05, 3.63) is 167 Å². The van der Waals surface area contributed by atoms with E-state index in [4.69, 9.17) is 0 Å². The van der Waals surface area contributed by atoms with Crippen LogP contribution < -0.4 is 8.79 Å². The summed E-state index contributed by atoms with van der Waals surface area (Å²) in [5, 5.41) is 0. The molecule has 0 saturated heterocycles. The Balaban J connectivity index is 1.74. The second kappa shape index (κ2) is 7.32. The summed E-state index contributed by atoms with van der Waals surface area (Å²) in [4.78, 5) is 0. The fourth-order valence-corrected chi connectivity index (χ4v) is 18.1. The van der Waals surface area contributed by atoms with Crippen molar-refractivity contribution >= 4 is 22.1 Å². The van der Waals surface area contributed by atoms with Crippen molar-refractivity contribution in [2.75, 3.05) is 0 Å². The predicted molar refractivity (Wildman–Crippen MR) is 144 cm³/mol. The van der Waals surface area contributed by atoms with Gasteiger partial charge in [-0.1, -0.05) is 0 Å². The SMILES string of the molecule is [CH3][Ge]([c]1ccccc1)([c]1ccccc1)[C]12c3ccccc3C(c3ccccc31)c1ccccc12. The third-order valence-corrected chi connectivity index (χ3v) is 19.6. The summed E-state index contributed by atoms with van der Waals surface area (Å²) in [6, 6.07) is 50.8. The minimum absolute atomic E-state index is 0.165. The molecule has 0 atom stereocenters. The zero-order valence-corrected chi connectivity index (χ0v) is 21.4. The van der Waals surface area contributed by atoms with Gasteiger partial charge in [-0.2, -0.15) is 0 Å². The zero-order valence-electron chi connectivity index (χ0n) is 19.3. The molecule has 0 unspecified atom stereocenters. The molecule has 8 rings (SSSR count). The molecule has 0 aliphatic heterocycles. The Morgan fingerprint density at radius 1 is 0.441 bits per heavy atom. The Kier molecular flexibility index (Phi) is 4.32.